The molecule has 0 spiro atoms. The van der Waals surface area contributed by atoms with Crippen molar-refractivity contribution in [2.24, 2.45) is 0 Å². The van der Waals surface area contributed by atoms with Gasteiger partial charge in [0.05, 0.1) is 13.3 Å². The summed E-state index contributed by atoms with van der Waals surface area (Å²) in [6.07, 6.45) is 0. The van der Waals surface area contributed by atoms with Gasteiger partial charge in [0.25, 0.3) is 0 Å². The van der Waals surface area contributed by atoms with E-state index in [1.165, 1.54) is 6.73 Å². The molecule has 0 aliphatic carbocycles. The molecule has 0 saturated carbocycles. The van der Waals surface area contributed by atoms with Crippen molar-refractivity contribution in [2.45, 2.75) is 0 Å². The highest BCUT2D eigenvalue weighted by molar-refractivity contribution is 5.79. The lowest BCUT2D eigenvalue weighted by Gasteiger charge is -2.18. The van der Waals surface area contributed by atoms with E-state index in [0.29, 0.717) is 0 Å². The molecule has 4 nitrogen and oxygen atoms in total. The van der Waals surface area contributed by atoms with Gasteiger partial charge in [-0.1, -0.05) is 0 Å². The molecule has 0 aromatic rings. The minimum atomic E-state index is -0.293. The van der Waals surface area contributed by atoms with Crippen LogP contribution in [0.2, 0.25) is 0 Å². The summed E-state index contributed by atoms with van der Waals surface area (Å²) in [6.45, 7) is 0.974. The van der Waals surface area contributed by atoms with Crippen LogP contribution < -0.4 is 0 Å². The van der Waals surface area contributed by atoms with E-state index >= 15 is 0 Å². The molecule has 0 atom stereocenters. The van der Waals surface area contributed by atoms with E-state index in [1.54, 1.807) is 0 Å². The summed E-state index contributed by atoms with van der Waals surface area (Å²) >= 11 is 0. The van der Waals surface area contributed by atoms with Crippen molar-refractivity contribution in [3.63, 3.8) is 0 Å². The first kappa shape index (κ1) is 5.53. The standard InChI is InChI=1S/C4H6NO3/c6-2-5-3-8-1-4(5)7/h3,6H,1-2H2/q-1. The highest BCUT2D eigenvalue weighted by Crippen LogP contribution is 2.02. The Kier molecular flexibility index (Phi) is 1.45. The van der Waals surface area contributed by atoms with Gasteiger partial charge in [0.1, 0.15) is 0 Å². The molecule has 1 amide bonds. The first-order valence-electron chi connectivity index (χ1n) is 2.20. The second-order valence-corrected chi connectivity index (χ2v) is 1.42. The monoisotopic (exact) mass is 116 g/mol. The molecule has 1 N–H and O–H groups in total. The normalized spacial score (nSPS) is 20.1. The minimum Gasteiger partial charge on any atom is -0.524 e. The van der Waals surface area contributed by atoms with Gasteiger partial charge in [-0.05, 0) is 0 Å². The van der Waals surface area contributed by atoms with Gasteiger partial charge in [0.2, 0.25) is 5.91 Å². The van der Waals surface area contributed by atoms with E-state index in [-0.39, 0.29) is 19.2 Å². The summed E-state index contributed by atoms with van der Waals surface area (Å²) in [5, 5.41) is 8.33. The van der Waals surface area contributed by atoms with E-state index in [2.05, 4.69) is 4.74 Å². The Labute approximate surface area is 46.7 Å². The summed E-state index contributed by atoms with van der Waals surface area (Å²) in [6, 6.07) is 0. The molecular weight excluding hydrogens is 110 g/mol. The second kappa shape index (κ2) is 2.11. The van der Waals surface area contributed by atoms with Gasteiger partial charge in [0.15, 0.2) is 0 Å². The molecule has 0 aromatic heterocycles. The Morgan fingerprint density at radius 1 is 2.00 bits per heavy atom. The maximum Gasteiger partial charge on any atom is 0.220 e. The number of ether oxygens (including phenoxy) is 1. The fourth-order valence-electron chi connectivity index (χ4n) is 0.452. The number of hydrogen-bond acceptors (Lipinski definition) is 3. The second-order valence-electron chi connectivity index (χ2n) is 1.42. The van der Waals surface area contributed by atoms with Crippen LogP contribution in [0, 0.1) is 6.73 Å². The lowest BCUT2D eigenvalue weighted by atomic mass is 10.6. The number of hydrogen-bond donors (Lipinski definition) is 1. The average Bonchev–Trinajstić information content (AvgIpc) is 2.14. The average molecular weight is 116 g/mol. The van der Waals surface area contributed by atoms with Crippen LogP contribution in [0.15, 0.2) is 0 Å². The molecular formula is C4H6NO3-. The minimum absolute atomic E-state index is 0.0561. The van der Waals surface area contributed by atoms with E-state index < -0.39 is 0 Å². The molecule has 1 fully saturated rings. The topological polar surface area (TPSA) is 49.8 Å². The highest BCUT2D eigenvalue weighted by Gasteiger charge is 2.08. The number of amides is 1. The predicted molar refractivity (Wildman–Crippen MR) is 24.2 cm³/mol. The van der Waals surface area contributed by atoms with Crippen LogP contribution in [0.25, 0.3) is 0 Å². The van der Waals surface area contributed by atoms with Gasteiger partial charge < -0.3 is 14.7 Å². The molecule has 46 valence electrons. The Morgan fingerprint density at radius 2 is 2.75 bits per heavy atom. The number of aliphatic hydroxyl groups is 1. The summed E-state index contributed by atoms with van der Waals surface area (Å²) < 4.78 is 4.55. The summed E-state index contributed by atoms with van der Waals surface area (Å²) in [5.74, 6) is -0.201. The van der Waals surface area contributed by atoms with E-state index in [9.17, 15) is 4.79 Å². The SMILES string of the molecule is O=C1CO[CH-]N1CO. The molecule has 1 heterocycles. The number of carbonyl (C=O) groups is 1. The van der Waals surface area contributed by atoms with Crippen LogP contribution in [0.4, 0.5) is 0 Å². The third-order valence-corrected chi connectivity index (χ3v) is 0.881. The van der Waals surface area contributed by atoms with Gasteiger partial charge in [-0.25, -0.2) is 0 Å². The molecule has 0 bridgehead atoms. The first-order chi connectivity index (χ1) is 3.84. The zero-order chi connectivity index (χ0) is 5.98. The first-order valence-corrected chi connectivity index (χ1v) is 2.20. The maximum atomic E-state index is 10.4. The third kappa shape index (κ3) is 0.801. The third-order valence-electron chi connectivity index (χ3n) is 0.881. The largest absolute Gasteiger partial charge is 0.524 e. The van der Waals surface area contributed by atoms with Crippen molar-refractivity contribution < 1.29 is 14.6 Å². The van der Waals surface area contributed by atoms with Crippen molar-refractivity contribution in [2.75, 3.05) is 13.3 Å². The smallest absolute Gasteiger partial charge is 0.220 e. The lowest BCUT2D eigenvalue weighted by molar-refractivity contribution is -0.128. The summed E-state index contributed by atoms with van der Waals surface area (Å²) in [7, 11) is 0. The molecule has 1 rings (SSSR count). The number of aliphatic hydroxyl groups excluding tert-OH is 1. The molecule has 1 saturated heterocycles. The zero-order valence-electron chi connectivity index (χ0n) is 4.20. The van der Waals surface area contributed by atoms with Gasteiger partial charge in [0, 0.05) is 0 Å². The Bertz CT molecular complexity index is 103. The van der Waals surface area contributed by atoms with E-state index in [1.807, 2.05) is 0 Å². The molecule has 4 heteroatoms. The Balaban J connectivity index is 2.42. The highest BCUT2D eigenvalue weighted by atomic mass is 16.5. The van der Waals surface area contributed by atoms with E-state index in [4.69, 9.17) is 5.11 Å². The molecule has 0 aromatic carbocycles. The van der Waals surface area contributed by atoms with Crippen molar-refractivity contribution in [3.8, 4) is 0 Å². The van der Waals surface area contributed by atoms with Gasteiger partial charge in [-0.2, -0.15) is 0 Å². The summed E-state index contributed by atoms with van der Waals surface area (Å²) in [5.41, 5.74) is 0. The Morgan fingerprint density at radius 3 is 3.00 bits per heavy atom. The number of rotatable bonds is 1. The van der Waals surface area contributed by atoms with Crippen molar-refractivity contribution >= 4 is 5.91 Å². The molecule has 0 unspecified atom stereocenters. The van der Waals surface area contributed by atoms with Crippen molar-refractivity contribution in [3.05, 3.63) is 6.73 Å². The lowest BCUT2D eigenvalue weighted by Crippen LogP contribution is -2.23. The van der Waals surface area contributed by atoms with Crippen LogP contribution in [0.1, 0.15) is 0 Å². The molecule has 1 aliphatic heterocycles. The van der Waals surface area contributed by atoms with Gasteiger partial charge >= 0.3 is 0 Å². The summed E-state index contributed by atoms with van der Waals surface area (Å²) in [4.78, 5) is 11.5. The fraction of sp³-hybridized carbons (Fsp3) is 0.500. The quantitative estimate of drug-likeness (QED) is 0.443. The van der Waals surface area contributed by atoms with Crippen LogP contribution in [0.5, 0.6) is 0 Å². The van der Waals surface area contributed by atoms with Gasteiger partial charge in [-0.15, -0.1) is 6.73 Å². The molecule has 0 radical (unpaired) electrons. The van der Waals surface area contributed by atoms with Crippen LogP contribution in [0.3, 0.4) is 0 Å². The zero-order valence-corrected chi connectivity index (χ0v) is 4.20. The molecule has 8 heavy (non-hydrogen) atoms. The van der Waals surface area contributed by atoms with Crippen LogP contribution in [-0.4, -0.2) is 29.3 Å². The fourth-order valence-corrected chi connectivity index (χ4v) is 0.452. The predicted octanol–water partition coefficient (Wildman–Crippen LogP) is -1.09. The van der Waals surface area contributed by atoms with E-state index in [0.717, 1.165) is 4.90 Å². The van der Waals surface area contributed by atoms with Crippen LogP contribution in [-0.2, 0) is 9.53 Å². The number of carbonyl (C=O) groups excluding carboxylic acids is 1. The van der Waals surface area contributed by atoms with Gasteiger partial charge in [-0.3, -0.25) is 4.79 Å². The van der Waals surface area contributed by atoms with Crippen molar-refractivity contribution in [1.82, 2.24) is 4.90 Å². The Hall–Kier alpha value is -0.610. The molecule has 1 aliphatic rings. The van der Waals surface area contributed by atoms with Crippen molar-refractivity contribution in [1.29, 1.82) is 0 Å². The maximum absolute atomic E-state index is 10.4. The number of nitrogens with zero attached hydrogens (tertiary/aromatic N) is 1. The van der Waals surface area contributed by atoms with Crippen LogP contribution >= 0.6 is 0 Å².